The Morgan fingerprint density at radius 1 is 1.00 bits per heavy atom. The van der Waals surface area contributed by atoms with Crippen molar-refractivity contribution in [3.63, 3.8) is 0 Å². The van der Waals surface area contributed by atoms with Crippen LogP contribution < -0.4 is 27.4 Å². The van der Waals surface area contributed by atoms with E-state index in [1.807, 2.05) is 24.3 Å². The van der Waals surface area contributed by atoms with E-state index in [0.717, 1.165) is 10.9 Å². The fourth-order valence-electron chi connectivity index (χ4n) is 3.18. The second-order valence-electron chi connectivity index (χ2n) is 7.71. The summed E-state index contributed by atoms with van der Waals surface area (Å²) in [6.07, 6.45) is 1.27. The third-order valence-corrected chi connectivity index (χ3v) is 5.04. The molecule has 0 saturated carbocycles. The number of aliphatic hydroxyl groups is 1. The molecule has 0 bridgehead atoms. The van der Waals surface area contributed by atoms with Gasteiger partial charge in [0.15, 0.2) is 0 Å². The fourth-order valence-corrected chi connectivity index (χ4v) is 3.18. The van der Waals surface area contributed by atoms with E-state index in [2.05, 4.69) is 20.9 Å². The molecule has 1 aromatic carbocycles. The van der Waals surface area contributed by atoms with Crippen LogP contribution in [0.25, 0.3) is 10.9 Å². The maximum atomic E-state index is 13.0. The minimum Gasteiger partial charge on any atom is -0.480 e. The monoisotopic (exact) mass is 476 g/mol. The molecule has 4 amide bonds. The van der Waals surface area contributed by atoms with Crippen molar-refractivity contribution in [2.24, 2.45) is 11.5 Å². The Labute approximate surface area is 194 Å². The Kier molecular flexibility index (Phi) is 9.10. The molecule has 0 spiro atoms. The number of aliphatic carboxylic acids is 1. The smallest absolute Gasteiger partial charge is 0.328 e. The Balaban J connectivity index is 2.19. The molecule has 0 aliphatic carbocycles. The number of hydrogen-bond donors (Lipinski definition) is 8. The van der Waals surface area contributed by atoms with Crippen molar-refractivity contribution in [3.05, 3.63) is 36.0 Å². The number of primary amides is 1. The van der Waals surface area contributed by atoms with Gasteiger partial charge in [-0.2, -0.15) is 0 Å². The molecule has 13 heteroatoms. The lowest BCUT2D eigenvalue weighted by Crippen LogP contribution is -2.57. The molecule has 0 fully saturated rings. The third-order valence-electron chi connectivity index (χ3n) is 5.04. The SMILES string of the molecule is CC(NC(=O)C(Cc1c[nH]c2ccccc12)NC(=O)C(N)CC(N)=O)C(=O)NC(CO)C(=O)O. The number of carboxylic acids is 1. The van der Waals surface area contributed by atoms with Crippen LogP contribution in [0.3, 0.4) is 0 Å². The second-order valence-corrected chi connectivity index (χ2v) is 7.71. The number of aliphatic hydroxyl groups excluding tert-OH is 1. The molecular formula is C21H28N6O7. The van der Waals surface area contributed by atoms with E-state index in [-0.39, 0.29) is 6.42 Å². The van der Waals surface area contributed by atoms with Gasteiger partial charge in [-0.3, -0.25) is 19.2 Å². The second kappa shape index (κ2) is 11.8. The summed E-state index contributed by atoms with van der Waals surface area (Å²) in [7, 11) is 0. The molecule has 4 unspecified atom stereocenters. The van der Waals surface area contributed by atoms with Gasteiger partial charge < -0.3 is 42.6 Å². The van der Waals surface area contributed by atoms with E-state index >= 15 is 0 Å². The van der Waals surface area contributed by atoms with Gasteiger partial charge in [-0.15, -0.1) is 0 Å². The third kappa shape index (κ3) is 7.02. The first-order chi connectivity index (χ1) is 16.0. The number of aromatic nitrogens is 1. The molecule has 0 radical (unpaired) electrons. The summed E-state index contributed by atoms with van der Waals surface area (Å²) < 4.78 is 0. The first-order valence-corrected chi connectivity index (χ1v) is 10.4. The summed E-state index contributed by atoms with van der Waals surface area (Å²) in [5.74, 6) is -4.62. The van der Waals surface area contributed by atoms with Gasteiger partial charge in [-0.25, -0.2) is 4.79 Å². The summed E-state index contributed by atoms with van der Waals surface area (Å²) in [4.78, 5) is 62.8. The number of benzene rings is 1. The zero-order valence-electron chi connectivity index (χ0n) is 18.4. The fraction of sp³-hybridized carbons (Fsp3) is 0.381. The number of amides is 4. The zero-order valence-corrected chi connectivity index (χ0v) is 18.4. The first kappa shape index (κ1) is 26.3. The van der Waals surface area contributed by atoms with Crippen LogP contribution in [0.5, 0.6) is 0 Å². The number of para-hydroxylation sites is 1. The molecule has 0 aliphatic rings. The van der Waals surface area contributed by atoms with Crippen molar-refractivity contribution in [2.45, 2.75) is 43.9 Å². The first-order valence-electron chi connectivity index (χ1n) is 10.4. The maximum Gasteiger partial charge on any atom is 0.328 e. The predicted molar refractivity (Wildman–Crippen MR) is 120 cm³/mol. The van der Waals surface area contributed by atoms with Crippen molar-refractivity contribution < 1.29 is 34.2 Å². The van der Waals surface area contributed by atoms with Gasteiger partial charge in [0.2, 0.25) is 23.6 Å². The quantitative estimate of drug-likeness (QED) is 0.162. The van der Waals surface area contributed by atoms with E-state index in [9.17, 15) is 24.0 Å². The summed E-state index contributed by atoms with van der Waals surface area (Å²) >= 11 is 0. The lowest BCUT2D eigenvalue weighted by molar-refractivity contribution is -0.143. The normalized spacial score (nSPS) is 14.4. The highest BCUT2D eigenvalue weighted by molar-refractivity contribution is 5.95. The molecule has 184 valence electrons. The molecule has 0 saturated heterocycles. The standard InChI is InChI=1S/C21H28N6O7/c1-10(18(30)27-16(9-28)21(33)34)25-20(32)15(26-19(31)13(22)7-17(23)29)6-11-8-24-14-5-3-2-4-12(11)14/h2-5,8,10,13,15-16,24,28H,6-7,9,22H2,1H3,(H2,23,29)(H,25,32)(H,26,31)(H,27,30)(H,33,34). The summed E-state index contributed by atoms with van der Waals surface area (Å²) in [5, 5.41) is 25.8. The molecule has 4 atom stereocenters. The van der Waals surface area contributed by atoms with Crippen molar-refractivity contribution in [3.8, 4) is 0 Å². The largest absolute Gasteiger partial charge is 0.480 e. The van der Waals surface area contributed by atoms with Gasteiger partial charge in [0.05, 0.1) is 19.1 Å². The molecule has 10 N–H and O–H groups in total. The van der Waals surface area contributed by atoms with Crippen molar-refractivity contribution >= 4 is 40.5 Å². The van der Waals surface area contributed by atoms with Crippen molar-refractivity contribution in [2.75, 3.05) is 6.61 Å². The molecule has 13 nitrogen and oxygen atoms in total. The van der Waals surface area contributed by atoms with Gasteiger partial charge in [0, 0.05) is 23.5 Å². The van der Waals surface area contributed by atoms with Crippen LogP contribution in [-0.2, 0) is 30.4 Å². The number of aromatic amines is 1. The van der Waals surface area contributed by atoms with Crippen LogP contribution in [0.4, 0.5) is 0 Å². The molecule has 1 heterocycles. The van der Waals surface area contributed by atoms with E-state index in [1.165, 1.54) is 6.92 Å². The molecule has 1 aromatic heterocycles. The Bertz CT molecular complexity index is 1070. The molecule has 2 aromatic rings. The van der Waals surface area contributed by atoms with E-state index in [1.54, 1.807) is 6.20 Å². The van der Waals surface area contributed by atoms with Gasteiger partial charge >= 0.3 is 5.97 Å². The van der Waals surface area contributed by atoms with Crippen LogP contribution in [0.2, 0.25) is 0 Å². The Hall–Kier alpha value is -3.97. The van der Waals surface area contributed by atoms with E-state index in [0.29, 0.717) is 5.56 Å². The molecular weight excluding hydrogens is 448 g/mol. The van der Waals surface area contributed by atoms with E-state index < -0.39 is 66.8 Å². The number of rotatable bonds is 12. The van der Waals surface area contributed by atoms with Crippen molar-refractivity contribution in [1.82, 2.24) is 20.9 Å². The molecule has 0 aliphatic heterocycles. The zero-order chi connectivity index (χ0) is 25.4. The predicted octanol–water partition coefficient (Wildman–Crippen LogP) is -2.54. The highest BCUT2D eigenvalue weighted by Crippen LogP contribution is 2.19. The minimum atomic E-state index is -1.54. The Morgan fingerprint density at radius 2 is 1.65 bits per heavy atom. The summed E-state index contributed by atoms with van der Waals surface area (Å²) in [5.41, 5.74) is 12.3. The topological polar surface area (TPSA) is 230 Å². The highest BCUT2D eigenvalue weighted by Gasteiger charge is 2.29. The summed E-state index contributed by atoms with van der Waals surface area (Å²) in [6.45, 7) is 0.478. The number of nitrogens with one attached hydrogen (secondary N) is 4. The Morgan fingerprint density at radius 3 is 2.26 bits per heavy atom. The van der Waals surface area contributed by atoms with Crippen molar-refractivity contribution in [1.29, 1.82) is 0 Å². The minimum absolute atomic E-state index is 0.0214. The molecule has 2 rings (SSSR count). The molecule has 34 heavy (non-hydrogen) atoms. The number of carbonyl (C=O) groups is 5. The number of H-pyrrole nitrogens is 1. The summed E-state index contributed by atoms with van der Waals surface area (Å²) in [6, 6.07) is 2.10. The highest BCUT2D eigenvalue weighted by atomic mass is 16.4. The number of hydrogen-bond acceptors (Lipinski definition) is 7. The average Bonchev–Trinajstić information content (AvgIpc) is 3.18. The number of fused-ring (bicyclic) bond motifs is 1. The van der Waals surface area contributed by atoms with Gasteiger partial charge in [-0.1, -0.05) is 18.2 Å². The van der Waals surface area contributed by atoms with Crippen LogP contribution in [0.1, 0.15) is 18.9 Å². The van der Waals surface area contributed by atoms with Gasteiger partial charge in [0.1, 0.15) is 18.1 Å². The van der Waals surface area contributed by atoms with Gasteiger partial charge in [-0.05, 0) is 18.6 Å². The van der Waals surface area contributed by atoms with Crippen LogP contribution in [0, 0.1) is 0 Å². The number of carboxylic acid groups (broad SMARTS) is 1. The average molecular weight is 476 g/mol. The van der Waals surface area contributed by atoms with Crippen LogP contribution in [0.15, 0.2) is 30.5 Å². The van der Waals surface area contributed by atoms with E-state index in [4.69, 9.17) is 21.7 Å². The van der Waals surface area contributed by atoms with Crippen LogP contribution in [-0.4, -0.2) is 75.6 Å². The number of nitrogens with two attached hydrogens (primary N) is 2. The lowest BCUT2D eigenvalue weighted by Gasteiger charge is -2.23. The van der Waals surface area contributed by atoms with Gasteiger partial charge in [0.25, 0.3) is 0 Å². The van der Waals surface area contributed by atoms with Crippen LogP contribution >= 0.6 is 0 Å². The lowest BCUT2D eigenvalue weighted by atomic mass is 10.0. The maximum absolute atomic E-state index is 13.0. The number of carbonyl (C=O) groups excluding carboxylic acids is 4.